The monoisotopic (exact) mass is 331 g/mol. The van der Waals surface area contributed by atoms with Gasteiger partial charge in [-0.3, -0.25) is 0 Å². The zero-order valence-corrected chi connectivity index (χ0v) is 12.9. The van der Waals surface area contributed by atoms with Crippen molar-refractivity contribution in [3.05, 3.63) is 33.8 Å². The topological polar surface area (TPSA) is 26.0 Å². The minimum Gasteiger partial charge on any atom is -0.324 e. The zero-order valence-electron chi connectivity index (χ0n) is 11.3. The van der Waals surface area contributed by atoms with Crippen LogP contribution in [0.15, 0.2) is 16.6 Å². The molecule has 106 valence electrons. The van der Waals surface area contributed by atoms with Gasteiger partial charge in [-0.25, -0.2) is 8.78 Å². The number of benzene rings is 1. The van der Waals surface area contributed by atoms with Gasteiger partial charge in [0, 0.05) is 6.04 Å². The van der Waals surface area contributed by atoms with Gasteiger partial charge >= 0.3 is 0 Å². The minimum absolute atomic E-state index is 0.172. The van der Waals surface area contributed by atoms with Crippen molar-refractivity contribution in [3.8, 4) is 0 Å². The van der Waals surface area contributed by atoms with Gasteiger partial charge in [-0.05, 0) is 58.2 Å². The molecule has 0 heterocycles. The molecule has 0 radical (unpaired) electrons. The molecule has 4 heteroatoms. The molecule has 1 aromatic carbocycles. The fraction of sp³-hybridized carbons (Fsp3) is 0.600. The van der Waals surface area contributed by atoms with E-state index in [2.05, 4.69) is 29.8 Å². The first-order valence-corrected chi connectivity index (χ1v) is 7.60. The van der Waals surface area contributed by atoms with Gasteiger partial charge in [0.25, 0.3) is 0 Å². The molecule has 2 N–H and O–H groups in total. The average Bonchev–Trinajstić information content (AvgIpc) is 2.39. The van der Waals surface area contributed by atoms with Gasteiger partial charge in [0.2, 0.25) is 0 Å². The van der Waals surface area contributed by atoms with Crippen LogP contribution in [0.2, 0.25) is 0 Å². The third-order valence-corrected chi connectivity index (χ3v) is 5.38. The van der Waals surface area contributed by atoms with Crippen LogP contribution in [0.3, 0.4) is 0 Å². The molecule has 19 heavy (non-hydrogen) atoms. The second-order valence-corrected chi connectivity index (χ2v) is 6.61. The molecule has 1 nitrogen and oxygen atoms in total. The van der Waals surface area contributed by atoms with E-state index in [1.54, 1.807) is 6.07 Å². The molecule has 0 spiro atoms. The van der Waals surface area contributed by atoms with Gasteiger partial charge < -0.3 is 5.73 Å². The van der Waals surface area contributed by atoms with Crippen molar-refractivity contribution in [1.82, 2.24) is 0 Å². The molecule has 1 aliphatic carbocycles. The summed E-state index contributed by atoms with van der Waals surface area (Å²) in [6, 6.07) is 2.51. The summed E-state index contributed by atoms with van der Waals surface area (Å²) in [5.74, 6) is 0.0108. The number of hydrogen-bond donors (Lipinski definition) is 1. The van der Waals surface area contributed by atoms with Crippen LogP contribution in [0.1, 0.15) is 44.7 Å². The third-order valence-electron chi connectivity index (χ3n) is 4.57. The molecular formula is C15H20BrF2N. The molecule has 4 unspecified atom stereocenters. The summed E-state index contributed by atoms with van der Waals surface area (Å²) in [4.78, 5) is 0. The largest absolute Gasteiger partial charge is 0.324 e. The fourth-order valence-electron chi connectivity index (χ4n) is 2.97. The minimum atomic E-state index is -0.842. The Labute approximate surface area is 121 Å². The van der Waals surface area contributed by atoms with Gasteiger partial charge in [0.1, 0.15) is 0 Å². The molecule has 0 saturated heterocycles. The number of nitrogens with two attached hydrogens (primary N) is 1. The summed E-state index contributed by atoms with van der Waals surface area (Å²) in [5, 5.41) is 0. The van der Waals surface area contributed by atoms with Gasteiger partial charge in [-0.15, -0.1) is 0 Å². The molecule has 0 bridgehead atoms. The van der Waals surface area contributed by atoms with E-state index in [-0.39, 0.29) is 10.5 Å². The molecule has 1 aromatic rings. The van der Waals surface area contributed by atoms with Crippen molar-refractivity contribution < 1.29 is 8.78 Å². The Balaban J connectivity index is 2.20. The van der Waals surface area contributed by atoms with Gasteiger partial charge in [-0.1, -0.05) is 26.3 Å². The zero-order chi connectivity index (χ0) is 14.2. The summed E-state index contributed by atoms with van der Waals surface area (Å²) < 4.78 is 26.9. The maximum atomic E-state index is 13.6. The van der Waals surface area contributed by atoms with Gasteiger partial charge in [-0.2, -0.15) is 0 Å². The van der Waals surface area contributed by atoms with E-state index in [0.29, 0.717) is 17.4 Å². The SMILES string of the molecule is CC1CCC(C(N)c2ccc(F)c(F)c2Br)CC1C. The van der Waals surface area contributed by atoms with E-state index in [9.17, 15) is 8.78 Å². The van der Waals surface area contributed by atoms with Crippen molar-refractivity contribution in [2.24, 2.45) is 23.5 Å². The first-order valence-electron chi connectivity index (χ1n) is 6.80. The first kappa shape index (κ1) is 14.9. The van der Waals surface area contributed by atoms with E-state index in [1.165, 1.54) is 0 Å². The number of hydrogen-bond acceptors (Lipinski definition) is 1. The van der Waals surface area contributed by atoms with Crippen molar-refractivity contribution in [2.75, 3.05) is 0 Å². The van der Waals surface area contributed by atoms with Crippen molar-refractivity contribution in [3.63, 3.8) is 0 Å². The van der Waals surface area contributed by atoms with Crippen LogP contribution in [0, 0.1) is 29.4 Å². The highest BCUT2D eigenvalue weighted by Gasteiger charge is 2.30. The number of rotatable bonds is 2. The lowest BCUT2D eigenvalue weighted by atomic mass is 9.72. The maximum Gasteiger partial charge on any atom is 0.173 e. The van der Waals surface area contributed by atoms with Crippen LogP contribution < -0.4 is 5.73 Å². The quantitative estimate of drug-likeness (QED) is 0.774. The molecule has 1 saturated carbocycles. The molecule has 0 aliphatic heterocycles. The van der Waals surface area contributed by atoms with E-state index in [4.69, 9.17) is 5.73 Å². The molecule has 1 aliphatic rings. The highest BCUT2D eigenvalue weighted by Crippen LogP contribution is 2.40. The van der Waals surface area contributed by atoms with Crippen molar-refractivity contribution >= 4 is 15.9 Å². The summed E-state index contributed by atoms with van der Waals surface area (Å²) >= 11 is 3.13. The fourth-order valence-corrected chi connectivity index (χ4v) is 3.55. The van der Waals surface area contributed by atoms with E-state index < -0.39 is 11.6 Å². The lowest BCUT2D eigenvalue weighted by Crippen LogP contribution is -2.29. The van der Waals surface area contributed by atoms with Crippen LogP contribution in [0.5, 0.6) is 0 Å². The Morgan fingerprint density at radius 1 is 1.21 bits per heavy atom. The van der Waals surface area contributed by atoms with E-state index >= 15 is 0 Å². The molecule has 0 aromatic heterocycles. The van der Waals surface area contributed by atoms with Gasteiger partial charge in [0.15, 0.2) is 11.6 Å². The third kappa shape index (κ3) is 3.00. The molecule has 1 fully saturated rings. The molecule has 4 atom stereocenters. The standard InChI is InChI=1S/C15H20BrF2N/c1-8-3-4-10(7-9(8)2)15(19)11-5-6-12(17)14(18)13(11)16/h5-6,8-10,15H,3-4,7,19H2,1-2H3. The average molecular weight is 332 g/mol. The van der Waals surface area contributed by atoms with Crippen LogP contribution in [0.25, 0.3) is 0 Å². The first-order chi connectivity index (χ1) is 8.91. The Bertz CT molecular complexity index is 464. The van der Waals surface area contributed by atoms with Crippen LogP contribution >= 0.6 is 15.9 Å². The summed E-state index contributed by atoms with van der Waals surface area (Å²) in [7, 11) is 0. The Kier molecular flexibility index (Phi) is 4.62. The molecular weight excluding hydrogens is 312 g/mol. The maximum absolute atomic E-state index is 13.6. The smallest absolute Gasteiger partial charge is 0.173 e. The highest BCUT2D eigenvalue weighted by atomic mass is 79.9. The lowest BCUT2D eigenvalue weighted by molar-refractivity contribution is 0.185. The molecule has 0 amide bonds. The van der Waals surface area contributed by atoms with E-state index in [1.807, 2.05) is 0 Å². The number of halogens is 3. The van der Waals surface area contributed by atoms with Crippen LogP contribution in [-0.4, -0.2) is 0 Å². The highest BCUT2D eigenvalue weighted by molar-refractivity contribution is 9.10. The van der Waals surface area contributed by atoms with Crippen LogP contribution in [-0.2, 0) is 0 Å². The summed E-state index contributed by atoms with van der Waals surface area (Å²) in [6.45, 7) is 4.50. The summed E-state index contributed by atoms with van der Waals surface area (Å²) in [5.41, 5.74) is 6.95. The predicted octanol–water partition coefficient (Wildman–Crippen LogP) is 4.80. The Hall–Kier alpha value is -0.480. The lowest BCUT2D eigenvalue weighted by Gasteiger charge is -2.35. The molecule has 2 rings (SSSR count). The van der Waals surface area contributed by atoms with Crippen LogP contribution in [0.4, 0.5) is 8.78 Å². The van der Waals surface area contributed by atoms with Crippen molar-refractivity contribution in [2.45, 2.75) is 39.2 Å². The van der Waals surface area contributed by atoms with E-state index in [0.717, 1.165) is 31.2 Å². The van der Waals surface area contributed by atoms with Crippen molar-refractivity contribution in [1.29, 1.82) is 0 Å². The second kappa shape index (κ2) is 5.88. The Morgan fingerprint density at radius 2 is 1.89 bits per heavy atom. The Morgan fingerprint density at radius 3 is 2.53 bits per heavy atom. The predicted molar refractivity (Wildman–Crippen MR) is 76.7 cm³/mol. The van der Waals surface area contributed by atoms with Gasteiger partial charge in [0.05, 0.1) is 4.47 Å². The summed E-state index contributed by atoms with van der Waals surface area (Å²) in [6.07, 6.45) is 3.26. The second-order valence-electron chi connectivity index (χ2n) is 5.82. The normalized spacial score (nSPS) is 29.3.